The summed E-state index contributed by atoms with van der Waals surface area (Å²) < 4.78 is 5.63. The molecule has 1 heterocycles. The third-order valence-corrected chi connectivity index (χ3v) is 3.27. The van der Waals surface area contributed by atoms with Gasteiger partial charge in [-0.3, -0.25) is 4.79 Å². The molecule has 0 fully saturated rings. The van der Waals surface area contributed by atoms with Crippen LogP contribution < -0.4 is 10.5 Å². The molecule has 1 aliphatic heterocycles. The van der Waals surface area contributed by atoms with E-state index in [-0.39, 0.29) is 11.8 Å². The van der Waals surface area contributed by atoms with E-state index in [9.17, 15) is 4.79 Å². The predicted octanol–water partition coefficient (Wildman–Crippen LogP) is 1.39. The monoisotopic (exact) mass is 248 g/mol. The molecule has 4 heteroatoms. The van der Waals surface area contributed by atoms with Gasteiger partial charge in [0.2, 0.25) is 5.91 Å². The van der Waals surface area contributed by atoms with Crippen LogP contribution in [0.5, 0.6) is 5.75 Å². The highest BCUT2D eigenvalue weighted by Gasteiger charge is 2.25. The van der Waals surface area contributed by atoms with E-state index in [0.29, 0.717) is 19.7 Å². The zero-order valence-corrected chi connectivity index (χ0v) is 10.9. The molecule has 2 rings (SSSR count). The molecule has 98 valence electrons. The van der Waals surface area contributed by atoms with Gasteiger partial charge in [0.15, 0.2) is 0 Å². The Kier molecular flexibility index (Phi) is 3.87. The van der Waals surface area contributed by atoms with Crippen LogP contribution in [0, 0.1) is 5.92 Å². The second-order valence-electron chi connectivity index (χ2n) is 4.99. The van der Waals surface area contributed by atoms with E-state index >= 15 is 0 Å². The van der Waals surface area contributed by atoms with Gasteiger partial charge >= 0.3 is 0 Å². The summed E-state index contributed by atoms with van der Waals surface area (Å²) in [6.45, 7) is 5.62. The van der Waals surface area contributed by atoms with Crippen LogP contribution in [0.4, 0.5) is 0 Å². The van der Waals surface area contributed by atoms with E-state index in [4.69, 9.17) is 10.5 Å². The van der Waals surface area contributed by atoms with Crippen LogP contribution in [0.2, 0.25) is 0 Å². The fourth-order valence-corrected chi connectivity index (χ4v) is 2.01. The van der Waals surface area contributed by atoms with Crippen LogP contribution in [0.25, 0.3) is 0 Å². The summed E-state index contributed by atoms with van der Waals surface area (Å²) in [5.74, 6) is 1.02. The Morgan fingerprint density at radius 2 is 2.11 bits per heavy atom. The Morgan fingerprint density at radius 1 is 1.39 bits per heavy atom. The van der Waals surface area contributed by atoms with Crippen LogP contribution in [-0.4, -0.2) is 30.0 Å². The highest BCUT2D eigenvalue weighted by molar-refractivity contribution is 5.82. The second kappa shape index (κ2) is 5.40. The lowest BCUT2D eigenvalue weighted by Gasteiger charge is -2.25. The van der Waals surface area contributed by atoms with Crippen molar-refractivity contribution in [3.8, 4) is 5.75 Å². The Balaban J connectivity index is 2.15. The minimum Gasteiger partial charge on any atom is -0.491 e. The van der Waals surface area contributed by atoms with Gasteiger partial charge in [-0.2, -0.15) is 0 Å². The van der Waals surface area contributed by atoms with E-state index in [0.717, 1.165) is 11.3 Å². The molecule has 2 N–H and O–H groups in total. The summed E-state index contributed by atoms with van der Waals surface area (Å²) in [7, 11) is 0. The minimum atomic E-state index is -0.435. The summed E-state index contributed by atoms with van der Waals surface area (Å²) in [6.07, 6.45) is 0. The van der Waals surface area contributed by atoms with Crippen molar-refractivity contribution in [2.24, 2.45) is 11.7 Å². The normalized spacial score (nSPS) is 16.8. The molecule has 0 radical (unpaired) electrons. The molecule has 1 amide bonds. The summed E-state index contributed by atoms with van der Waals surface area (Å²) in [5, 5.41) is 0. The lowest BCUT2D eigenvalue weighted by atomic mass is 10.0. The summed E-state index contributed by atoms with van der Waals surface area (Å²) in [6, 6.07) is 7.39. The molecule has 0 saturated heterocycles. The summed E-state index contributed by atoms with van der Waals surface area (Å²) in [5.41, 5.74) is 6.97. The highest BCUT2D eigenvalue weighted by atomic mass is 16.5. The molecule has 0 aliphatic carbocycles. The third kappa shape index (κ3) is 2.64. The Morgan fingerprint density at radius 3 is 2.83 bits per heavy atom. The van der Waals surface area contributed by atoms with Crippen molar-refractivity contribution in [3.05, 3.63) is 29.8 Å². The first kappa shape index (κ1) is 12.9. The van der Waals surface area contributed by atoms with Gasteiger partial charge < -0.3 is 15.4 Å². The van der Waals surface area contributed by atoms with Crippen molar-refractivity contribution in [2.75, 3.05) is 13.2 Å². The average molecular weight is 248 g/mol. The Hall–Kier alpha value is -1.55. The Bertz CT molecular complexity index is 432. The first-order valence-electron chi connectivity index (χ1n) is 6.34. The lowest BCUT2D eigenvalue weighted by molar-refractivity contribution is -0.134. The number of carbonyl (C=O) groups excluding carboxylic acids is 1. The number of para-hydroxylation sites is 1. The fourth-order valence-electron chi connectivity index (χ4n) is 2.01. The maximum atomic E-state index is 12.2. The van der Waals surface area contributed by atoms with Gasteiger partial charge in [-0.1, -0.05) is 32.0 Å². The Labute approximate surface area is 108 Å². The molecular formula is C14H20N2O2. The number of nitrogens with zero attached hydrogens (tertiary/aromatic N) is 1. The quantitative estimate of drug-likeness (QED) is 0.860. The van der Waals surface area contributed by atoms with E-state index in [1.165, 1.54) is 0 Å². The number of benzene rings is 1. The number of rotatable bonds is 2. The average Bonchev–Trinajstić information content (AvgIpc) is 2.58. The van der Waals surface area contributed by atoms with Crippen LogP contribution >= 0.6 is 0 Å². The second-order valence-corrected chi connectivity index (χ2v) is 4.99. The molecule has 1 atom stereocenters. The summed E-state index contributed by atoms with van der Waals surface area (Å²) in [4.78, 5) is 14.0. The fraction of sp³-hybridized carbons (Fsp3) is 0.500. The van der Waals surface area contributed by atoms with Gasteiger partial charge in [0.25, 0.3) is 0 Å². The number of hydrogen-bond donors (Lipinski definition) is 1. The maximum Gasteiger partial charge on any atom is 0.240 e. The van der Waals surface area contributed by atoms with Crippen LogP contribution in [0.15, 0.2) is 24.3 Å². The van der Waals surface area contributed by atoms with Crippen molar-refractivity contribution in [3.63, 3.8) is 0 Å². The van der Waals surface area contributed by atoms with Crippen molar-refractivity contribution in [1.82, 2.24) is 4.90 Å². The van der Waals surface area contributed by atoms with Crippen LogP contribution in [0.3, 0.4) is 0 Å². The first-order chi connectivity index (χ1) is 8.59. The smallest absolute Gasteiger partial charge is 0.240 e. The van der Waals surface area contributed by atoms with Gasteiger partial charge in [0.1, 0.15) is 12.4 Å². The van der Waals surface area contributed by atoms with Gasteiger partial charge in [-0.05, 0) is 12.0 Å². The van der Waals surface area contributed by atoms with Crippen molar-refractivity contribution in [2.45, 2.75) is 26.4 Å². The van der Waals surface area contributed by atoms with Gasteiger partial charge in [0, 0.05) is 12.1 Å². The molecule has 4 nitrogen and oxygen atoms in total. The third-order valence-electron chi connectivity index (χ3n) is 3.27. The van der Waals surface area contributed by atoms with Crippen molar-refractivity contribution < 1.29 is 9.53 Å². The standard InChI is InChI=1S/C14H20N2O2/c1-10(2)13(15)14(17)16-7-8-18-12-6-4-3-5-11(12)9-16/h3-6,10,13H,7-9,15H2,1-2H3. The SMILES string of the molecule is CC(C)C(N)C(=O)N1CCOc2ccccc2C1. The largest absolute Gasteiger partial charge is 0.491 e. The number of ether oxygens (including phenoxy) is 1. The highest BCUT2D eigenvalue weighted by Crippen LogP contribution is 2.22. The van der Waals surface area contributed by atoms with E-state index in [2.05, 4.69) is 0 Å². The van der Waals surface area contributed by atoms with Crippen molar-refractivity contribution >= 4 is 5.91 Å². The van der Waals surface area contributed by atoms with Gasteiger partial charge in [-0.15, -0.1) is 0 Å². The number of fused-ring (bicyclic) bond motifs is 1. The molecule has 18 heavy (non-hydrogen) atoms. The molecular weight excluding hydrogens is 228 g/mol. The molecule has 0 bridgehead atoms. The van der Waals surface area contributed by atoms with E-state index < -0.39 is 6.04 Å². The van der Waals surface area contributed by atoms with Crippen LogP contribution in [-0.2, 0) is 11.3 Å². The first-order valence-corrected chi connectivity index (χ1v) is 6.34. The van der Waals surface area contributed by atoms with Gasteiger partial charge in [-0.25, -0.2) is 0 Å². The van der Waals surface area contributed by atoms with Crippen LogP contribution in [0.1, 0.15) is 19.4 Å². The molecule has 1 unspecified atom stereocenters. The van der Waals surface area contributed by atoms with E-state index in [1.54, 1.807) is 4.90 Å². The number of amides is 1. The van der Waals surface area contributed by atoms with Gasteiger partial charge in [0.05, 0.1) is 12.6 Å². The lowest BCUT2D eigenvalue weighted by Crippen LogP contribution is -2.46. The molecule has 1 aliphatic rings. The molecule has 1 aromatic rings. The minimum absolute atomic E-state index is 0.00491. The molecule has 0 saturated carbocycles. The van der Waals surface area contributed by atoms with E-state index in [1.807, 2.05) is 38.1 Å². The maximum absolute atomic E-state index is 12.2. The number of hydrogen-bond acceptors (Lipinski definition) is 3. The van der Waals surface area contributed by atoms with Crippen molar-refractivity contribution in [1.29, 1.82) is 0 Å². The number of carbonyl (C=O) groups is 1. The number of nitrogens with two attached hydrogens (primary N) is 1. The zero-order chi connectivity index (χ0) is 13.1. The molecule has 0 aromatic heterocycles. The predicted molar refractivity (Wildman–Crippen MR) is 70.2 cm³/mol. The summed E-state index contributed by atoms with van der Waals surface area (Å²) >= 11 is 0. The molecule has 1 aromatic carbocycles. The zero-order valence-electron chi connectivity index (χ0n) is 10.9. The molecule has 0 spiro atoms. The topological polar surface area (TPSA) is 55.6 Å².